The van der Waals surface area contributed by atoms with Gasteiger partial charge in [-0.25, -0.2) is 0 Å². The van der Waals surface area contributed by atoms with Crippen LogP contribution in [0.2, 0.25) is 20.1 Å². The van der Waals surface area contributed by atoms with Crippen molar-refractivity contribution in [3.63, 3.8) is 0 Å². The summed E-state index contributed by atoms with van der Waals surface area (Å²) < 4.78 is 0. The largest absolute Gasteiger partial charge is 0.0837 e. The molecule has 1 aliphatic carbocycles. The van der Waals surface area contributed by atoms with Crippen LogP contribution >= 0.6 is 46.4 Å². The molecular formula is C48H28Cl4. The first-order valence-corrected chi connectivity index (χ1v) is 18.6. The minimum Gasteiger partial charge on any atom is -0.0837 e. The highest BCUT2D eigenvalue weighted by molar-refractivity contribution is 6.36. The molecule has 0 aromatic heterocycles. The Kier molecular flexibility index (Phi) is 8.50. The van der Waals surface area contributed by atoms with Gasteiger partial charge in [0.1, 0.15) is 0 Å². The van der Waals surface area contributed by atoms with Crippen LogP contribution in [0.1, 0.15) is 0 Å². The second-order valence-corrected chi connectivity index (χ2v) is 14.5. The van der Waals surface area contributed by atoms with Crippen LogP contribution in [0.25, 0.3) is 89.0 Å². The summed E-state index contributed by atoms with van der Waals surface area (Å²) >= 11 is 28.2. The number of fused-ring (bicyclic) bond motifs is 8. The van der Waals surface area contributed by atoms with E-state index in [0.717, 1.165) is 89.0 Å². The molecule has 8 aromatic carbocycles. The summed E-state index contributed by atoms with van der Waals surface area (Å²) in [5.74, 6) is 0. The Morgan fingerprint density at radius 1 is 0.173 bits per heavy atom. The summed E-state index contributed by atoms with van der Waals surface area (Å²) in [6, 6.07) is 58.4. The zero-order valence-corrected chi connectivity index (χ0v) is 30.7. The molecule has 52 heavy (non-hydrogen) atoms. The molecule has 0 amide bonds. The lowest BCUT2D eigenvalue weighted by molar-refractivity contribution is 1.49. The Morgan fingerprint density at radius 3 is 0.538 bits per heavy atom. The number of hydrogen-bond donors (Lipinski definition) is 0. The van der Waals surface area contributed by atoms with Gasteiger partial charge in [-0.1, -0.05) is 192 Å². The summed E-state index contributed by atoms with van der Waals surface area (Å²) in [6.45, 7) is 0. The van der Waals surface area contributed by atoms with Gasteiger partial charge in [-0.05, 0) is 91.0 Å². The minimum atomic E-state index is 0.682. The van der Waals surface area contributed by atoms with Crippen molar-refractivity contribution in [3.8, 4) is 89.0 Å². The van der Waals surface area contributed by atoms with Crippen LogP contribution in [0.15, 0.2) is 170 Å². The van der Waals surface area contributed by atoms with Crippen LogP contribution < -0.4 is 0 Å². The normalized spacial score (nSPS) is 11.5. The van der Waals surface area contributed by atoms with Gasteiger partial charge in [-0.3, -0.25) is 0 Å². The first-order chi connectivity index (χ1) is 25.5. The lowest BCUT2D eigenvalue weighted by Gasteiger charge is -2.30. The molecule has 248 valence electrons. The van der Waals surface area contributed by atoms with E-state index in [9.17, 15) is 0 Å². The van der Waals surface area contributed by atoms with Gasteiger partial charge in [-0.15, -0.1) is 0 Å². The molecule has 0 radical (unpaired) electrons. The van der Waals surface area contributed by atoms with Gasteiger partial charge in [0, 0.05) is 42.3 Å². The summed E-state index contributed by atoms with van der Waals surface area (Å²) in [6.07, 6.45) is 0. The highest BCUT2D eigenvalue weighted by Gasteiger charge is 2.31. The third-order valence-electron chi connectivity index (χ3n) is 10.00. The number of rotatable bonds is 4. The topological polar surface area (TPSA) is 0 Å². The predicted octanol–water partition coefficient (Wildman–Crippen LogP) is 15.9. The smallest absolute Gasteiger partial charge is 0.0484 e. The molecule has 0 N–H and O–H groups in total. The summed E-state index contributed by atoms with van der Waals surface area (Å²) in [5.41, 5.74) is 16.5. The SMILES string of the molecule is Clc1ccccc1-c1ccc(-c2ccccc2Cl)c2c1-c1ccccc1-c1c(-c3ccccc3Cl)ccc(-c3ccccc3Cl)c1-c1ccccc1-2. The van der Waals surface area contributed by atoms with Gasteiger partial charge < -0.3 is 0 Å². The molecule has 0 spiro atoms. The van der Waals surface area contributed by atoms with Gasteiger partial charge in [0.05, 0.1) is 0 Å². The number of halogens is 4. The molecule has 0 heterocycles. The van der Waals surface area contributed by atoms with E-state index < -0.39 is 0 Å². The molecule has 4 heteroatoms. The third kappa shape index (κ3) is 5.38. The van der Waals surface area contributed by atoms with Gasteiger partial charge >= 0.3 is 0 Å². The lowest BCUT2D eigenvalue weighted by atomic mass is 9.73. The molecule has 9 rings (SSSR count). The van der Waals surface area contributed by atoms with Gasteiger partial charge in [0.15, 0.2) is 0 Å². The fourth-order valence-corrected chi connectivity index (χ4v) is 8.73. The van der Waals surface area contributed by atoms with Crippen molar-refractivity contribution in [1.82, 2.24) is 0 Å². The fourth-order valence-electron chi connectivity index (χ4n) is 7.78. The molecule has 0 atom stereocenters. The van der Waals surface area contributed by atoms with Crippen LogP contribution in [0.3, 0.4) is 0 Å². The van der Waals surface area contributed by atoms with Crippen molar-refractivity contribution < 1.29 is 0 Å². The zero-order chi connectivity index (χ0) is 35.3. The van der Waals surface area contributed by atoms with Crippen molar-refractivity contribution >= 4 is 46.4 Å². The molecule has 8 aromatic rings. The zero-order valence-electron chi connectivity index (χ0n) is 27.7. The molecule has 0 saturated heterocycles. The predicted molar refractivity (Wildman–Crippen MR) is 224 cm³/mol. The quantitative estimate of drug-likeness (QED) is 0.168. The van der Waals surface area contributed by atoms with E-state index in [0.29, 0.717) is 20.1 Å². The van der Waals surface area contributed by atoms with Crippen LogP contribution in [0, 0.1) is 0 Å². The van der Waals surface area contributed by atoms with E-state index in [1.165, 1.54) is 0 Å². The van der Waals surface area contributed by atoms with Gasteiger partial charge in [-0.2, -0.15) is 0 Å². The first kappa shape index (κ1) is 32.8. The van der Waals surface area contributed by atoms with E-state index in [2.05, 4.69) is 97.1 Å². The van der Waals surface area contributed by atoms with Crippen LogP contribution in [0.4, 0.5) is 0 Å². The maximum atomic E-state index is 7.04. The third-order valence-corrected chi connectivity index (χ3v) is 11.3. The first-order valence-electron chi connectivity index (χ1n) is 17.0. The van der Waals surface area contributed by atoms with Crippen molar-refractivity contribution in [3.05, 3.63) is 190 Å². The average Bonchev–Trinajstić information content (AvgIpc) is 3.17. The summed E-state index contributed by atoms with van der Waals surface area (Å²) in [7, 11) is 0. The van der Waals surface area contributed by atoms with Crippen LogP contribution in [-0.4, -0.2) is 0 Å². The lowest BCUT2D eigenvalue weighted by Crippen LogP contribution is -2.03. The maximum absolute atomic E-state index is 7.04. The minimum absolute atomic E-state index is 0.682. The monoisotopic (exact) mass is 744 g/mol. The highest BCUT2D eigenvalue weighted by Crippen LogP contribution is 2.58. The van der Waals surface area contributed by atoms with E-state index in [4.69, 9.17) is 46.4 Å². The Morgan fingerprint density at radius 2 is 0.346 bits per heavy atom. The molecule has 0 aliphatic heterocycles. The Balaban J connectivity index is 1.54. The standard InChI is InChI=1S/C48H28Cl4/c49-41-21-9-5-13-29(41)37-25-26-39(31-15-7-11-23-43(31)51)47-35-19-3-4-20-36(35)48-40(32-16-8-12-24-44(32)52)28-27-38(30-14-6-10-22-42(30)50)46(48)34-18-2-1-17-33(34)45(37)47/h1-28H. The molecule has 0 saturated carbocycles. The molecule has 0 unspecified atom stereocenters. The van der Waals surface area contributed by atoms with Crippen molar-refractivity contribution in [2.75, 3.05) is 0 Å². The van der Waals surface area contributed by atoms with Crippen LogP contribution in [-0.2, 0) is 0 Å². The molecule has 0 nitrogen and oxygen atoms in total. The second-order valence-electron chi connectivity index (χ2n) is 12.8. The maximum Gasteiger partial charge on any atom is 0.0484 e. The molecule has 0 fully saturated rings. The second kappa shape index (κ2) is 13.5. The Labute approximate surface area is 323 Å². The van der Waals surface area contributed by atoms with Crippen molar-refractivity contribution in [2.45, 2.75) is 0 Å². The molecular weight excluding hydrogens is 718 g/mol. The van der Waals surface area contributed by atoms with Crippen molar-refractivity contribution in [1.29, 1.82) is 0 Å². The van der Waals surface area contributed by atoms with Gasteiger partial charge in [0.2, 0.25) is 0 Å². The number of benzene rings is 8. The van der Waals surface area contributed by atoms with E-state index >= 15 is 0 Å². The fraction of sp³-hybridized carbons (Fsp3) is 0. The van der Waals surface area contributed by atoms with Gasteiger partial charge in [0.25, 0.3) is 0 Å². The number of hydrogen-bond acceptors (Lipinski definition) is 0. The molecule has 0 bridgehead atoms. The van der Waals surface area contributed by atoms with E-state index in [1.807, 2.05) is 72.8 Å². The summed E-state index contributed by atoms with van der Waals surface area (Å²) in [4.78, 5) is 0. The Bertz CT molecular complexity index is 2320. The highest BCUT2D eigenvalue weighted by atomic mass is 35.5. The average molecular weight is 747 g/mol. The van der Waals surface area contributed by atoms with E-state index in [-0.39, 0.29) is 0 Å². The summed E-state index contributed by atoms with van der Waals surface area (Å²) in [5, 5.41) is 2.73. The van der Waals surface area contributed by atoms with E-state index in [1.54, 1.807) is 0 Å². The Hall–Kier alpha value is -5.08. The van der Waals surface area contributed by atoms with Crippen molar-refractivity contribution in [2.24, 2.45) is 0 Å². The van der Waals surface area contributed by atoms with Crippen LogP contribution in [0.5, 0.6) is 0 Å². The molecule has 1 aliphatic rings.